The number of nitrogens with two attached hydrogens (primary N) is 1. The Kier molecular flexibility index (Phi) is 4.05. The Bertz CT molecular complexity index is 478. The van der Waals surface area contributed by atoms with E-state index >= 15 is 0 Å². The normalized spacial score (nSPS) is 12.6. The molecule has 0 spiro atoms. The average Bonchev–Trinajstić information content (AvgIpc) is 2.73. The third-order valence-corrected chi connectivity index (χ3v) is 3.91. The number of thiophene rings is 1. The van der Waals surface area contributed by atoms with E-state index in [1.807, 2.05) is 35.7 Å². The number of anilines is 1. The Hall–Kier alpha value is -1.03. The Morgan fingerprint density at radius 1 is 1.29 bits per heavy atom. The SMILES string of the molecule is C[C@@H](NCc1sccc1N)c1ccc(Cl)cc1. The summed E-state index contributed by atoms with van der Waals surface area (Å²) >= 11 is 7.54. The van der Waals surface area contributed by atoms with Gasteiger partial charge in [0.05, 0.1) is 0 Å². The van der Waals surface area contributed by atoms with Crippen LogP contribution in [0.2, 0.25) is 5.02 Å². The highest BCUT2D eigenvalue weighted by atomic mass is 35.5. The van der Waals surface area contributed by atoms with Crippen LogP contribution in [0, 0.1) is 0 Å². The number of hydrogen-bond acceptors (Lipinski definition) is 3. The summed E-state index contributed by atoms with van der Waals surface area (Å²) < 4.78 is 0. The number of nitrogens with one attached hydrogen (secondary N) is 1. The lowest BCUT2D eigenvalue weighted by Crippen LogP contribution is -2.17. The van der Waals surface area contributed by atoms with Gasteiger partial charge in [-0.25, -0.2) is 0 Å². The lowest BCUT2D eigenvalue weighted by molar-refractivity contribution is 0.579. The molecule has 0 unspecified atom stereocenters. The highest BCUT2D eigenvalue weighted by molar-refractivity contribution is 7.10. The van der Waals surface area contributed by atoms with E-state index in [-0.39, 0.29) is 6.04 Å². The minimum atomic E-state index is 0.286. The first-order valence-corrected chi connectivity index (χ1v) is 6.73. The lowest BCUT2D eigenvalue weighted by Gasteiger charge is -2.14. The predicted octanol–water partition coefficient (Wildman–Crippen LogP) is 3.83. The van der Waals surface area contributed by atoms with Crippen molar-refractivity contribution in [3.8, 4) is 0 Å². The van der Waals surface area contributed by atoms with Gasteiger partial charge in [-0.15, -0.1) is 11.3 Å². The third-order valence-electron chi connectivity index (χ3n) is 2.72. The van der Waals surface area contributed by atoms with Crippen LogP contribution < -0.4 is 11.1 Å². The van der Waals surface area contributed by atoms with Crippen molar-refractivity contribution in [2.24, 2.45) is 0 Å². The summed E-state index contributed by atoms with van der Waals surface area (Å²) in [6.45, 7) is 2.93. The minimum Gasteiger partial charge on any atom is -0.398 e. The molecule has 0 amide bonds. The molecule has 17 heavy (non-hydrogen) atoms. The molecule has 2 aromatic rings. The van der Waals surface area contributed by atoms with Crippen molar-refractivity contribution >= 4 is 28.6 Å². The predicted molar refractivity (Wildman–Crippen MR) is 75.4 cm³/mol. The van der Waals surface area contributed by atoms with Crippen LogP contribution in [0.4, 0.5) is 5.69 Å². The lowest BCUT2D eigenvalue weighted by atomic mass is 10.1. The van der Waals surface area contributed by atoms with Crippen LogP contribution in [-0.4, -0.2) is 0 Å². The molecule has 0 bridgehead atoms. The molecular weight excluding hydrogens is 252 g/mol. The van der Waals surface area contributed by atoms with Crippen LogP contribution in [0.25, 0.3) is 0 Å². The van der Waals surface area contributed by atoms with Gasteiger partial charge in [0.1, 0.15) is 0 Å². The topological polar surface area (TPSA) is 38.0 Å². The van der Waals surface area contributed by atoms with Crippen molar-refractivity contribution in [3.05, 3.63) is 51.2 Å². The van der Waals surface area contributed by atoms with E-state index in [0.29, 0.717) is 0 Å². The molecule has 90 valence electrons. The number of rotatable bonds is 4. The second-order valence-corrected chi connectivity index (χ2v) is 5.39. The Balaban J connectivity index is 1.95. The number of benzene rings is 1. The van der Waals surface area contributed by atoms with Crippen molar-refractivity contribution < 1.29 is 0 Å². The van der Waals surface area contributed by atoms with Gasteiger partial charge in [-0.05, 0) is 36.1 Å². The molecule has 0 saturated carbocycles. The Labute approximate surface area is 110 Å². The van der Waals surface area contributed by atoms with Crippen molar-refractivity contribution in [2.75, 3.05) is 5.73 Å². The van der Waals surface area contributed by atoms with E-state index in [2.05, 4.69) is 12.2 Å². The molecule has 2 rings (SSSR count). The van der Waals surface area contributed by atoms with E-state index in [0.717, 1.165) is 17.3 Å². The maximum absolute atomic E-state index is 5.86. The fraction of sp³-hybridized carbons (Fsp3) is 0.231. The van der Waals surface area contributed by atoms with E-state index in [4.69, 9.17) is 17.3 Å². The molecule has 0 aliphatic carbocycles. The molecule has 1 aromatic heterocycles. The zero-order valence-electron chi connectivity index (χ0n) is 9.61. The van der Waals surface area contributed by atoms with Gasteiger partial charge < -0.3 is 11.1 Å². The minimum absolute atomic E-state index is 0.286. The molecule has 0 fully saturated rings. The highest BCUT2D eigenvalue weighted by Gasteiger charge is 2.06. The molecule has 2 nitrogen and oxygen atoms in total. The Morgan fingerprint density at radius 3 is 2.59 bits per heavy atom. The molecule has 4 heteroatoms. The van der Waals surface area contributed by atoms with Crippen LogP contribution in [-0.2, 0) is 6.54 Å². The van der Waals surface area contributed by atoms with Gasteiger partial charge in [-0.2, -0.15) is 0 Å². The van der Waals surface area contributed by atoms with E-state index in [1.165, 1.54) is 10.4 Å². The van der Waals surface area contributed by atoms with E-state index < -0.39 is 0 Å². The summed E-state index contributed by atoms with van der Waals surface area (Å²) in [4.78, 5) is 1.19. The zero-order chi connectivity index (χ0) is 12.3. The molecule has 1 aromatic carbocycles. The van der Waals surface area contributed by atoms with Gasteiger partial charge in [0.15, 0.2) is 0 Å². The van der Waals surface area contributed by atoms with Crippen molar-refractivity contribution in [2.45, 2.75) is 19.5 Å². The van der Waals surface area contributed by atoms with Crippen LogP contribution >= 0.6 is 22.9 Å². The van der Waals surface area contributed by atoms with E-state index in [9.17, 15) is 0 Å². The summed E-state index contributed by atoms with van der Waals surface area (Å²) in [5.41, 5.74) is 7.93. The molecule has 0 radical (unpaired) electrons. The van der Waals surface area contributed by atoms with Crippen molar-refractivity contribution in [3.63, 3.8) is 0 Å². The molecule has 0 aliphatic rings. The second kappa shape index (κ2) is 5.54. The maximum atomic E-state index is 5.86. The fourth-order valence-electron chi connectivity index (χ4n) is 1.61. The van der Waals surface area contributed by atoms with Crippen LogP contribution in [0.5, 0.6) is 0 Å². The van der Waals surface area contributed by atoms with Gasteiger partial charge in [0, 0.05) is 28.2 Å². The molecule has 1 heterocycles. The van der Waals surface area contributed by atoms with Gasteiger partial charge in [-0.1, -0.05) is 23.7 Å². The largest absolute Gasteiger partial charge is 0.398 e. The molecular formula is C13H15ClN2S. The molecule has 0 saturated heterocycles. The van der Waals surface area contributed by atoms with E-state index in [1.54, 1.807) is 11.3 Å². The van der Waals surface area contributed by atoms with Crippen molar-refractivity contribution in [1.29, 1.82) is 0 Å². The first kappa shape index (κ1) is 12.4. The number of nitrogen functional groups attached to an aromatic ring is 1. The summed E-state index contributed by atoms with van der Waals surface area (Å²) in [7, 11) is 0. The smallest absolute Gasteiger partial charge is 0.0468 e. The fourth-order valence-corrected chi connectivity index (χ4v) is 2.48. The standard InChI is InChI=1S/C13H15ClN2S/c1-9(10-2-4-11(14)5-3-10)16-8-13-12(15)6-7-17-13/h2-7,9,16H,8,15H2,1H3/t9-/m1/s1. The summed E-state index contributed by atoms with van der Waals surface area (Å²) in [5, 5.41) is 6.23. The van der Waals surface area contributed by atoms with Gasteiger partial charge >= 0.3 is 0 Å². The molecule has 0 aliphatic heterocycles. The maximum Gasteiger partial charge on any atom is 0.0468 e. The van der Waals surface area contributed by atoms with Gasteiger partial charge in [0.2, 0.25) is 0 Å². The first-order chi connectivity index (χ1) is 8.16. The number of halogens is 1. The quantitative estimate of drug-likeness (QED) is 0.883. The monoisotopic (exact) mass is 266 g/mol. The van der Waals surface area contributed by atoms with Crippen molar-refractivity contribution in [1.82, 2.24) is 5.32 Å². The van der Waals surface area contributed by atoms with Crippen LogP contribution in [0.1, 0.15) is 23.4 Å². The molecule has 3 N–H and O–H groups in total. The van der Waals surface area contributed by atoms with Gasteiger partial charge in [0.25, 0.3) is 0 Å². The number of hydrogen-bond donors (Lipinski definition) is 2. The molecule has 1 atom stereocenters. The summed E-state index contributed by atoms with van der Waals surface area (Å²) in [6.07, 6.45) is 0. The first-order valence-electron chi connectivity index (χ1n) is 5.47. The average molecular weight is 267 g/mol. The Morgan fingerprint density at radius 2 is 2.00 bits per heavy atom. The zero-order valence-corrected chi connectivity index (χ0v) is 11.2. The second-order valence-electron chi connectivity index (χ2n) is 3.95. The van der Waals surface area contributed by atoms with Gasteiger partial charge in [-0.3, -0.25) is 0 Å². The van der Waals surface area contributed by atoms with Crippen LogP contribution in [0.15, 0.2) is 35.7 Å². The van der Waals surface area contributed by atoms with Crippen LogP contribution in [0.3, 0.4) is 0 Å². The third kappa shape index (κ3) is 3.22. The summed E-state index contributed by atoms with van der Waals surface area (Å²) in [5.74, 6) is 0. The highest BCUT2D eigenvalue weighted by Crippen LogP contribution is 2.21. The summed E-state index contributed by atoms with van der Waals surface area (Å²) in [6, 6.07) is 10.1.